The number of rotatable bonds is 16. The van der Waals surface area contributed by atoms with Crippen molar-refractivity contribution in [1.29, 1.82) is 0 Å². The summed E-state index contributed by atoms with van der Waals surface area (Å²) in [7, 11) is -2.53. The molecule has 0 spiro atoms. The van der Waals surface area contributed by atoms with Gasteiger partial charge in [0.05, 0.1) is 13.2 Å². The highest BCUT2D eigenvalue weighted by atomic mass is 28.4. The average molecular weight is 349 g/mol. The molecule has 1 saturated heterocycles. The quantitative estimate of drug-likeness (QED) is 0.241. The summed E-state index contributed by atoms with van der Waals surface area (Å²) in [5.41, 5.74) is 0. The zero-order valence-corrected chi connectivity index (χ0v) is 16.5. The summed E-state index contributed by atoms with van der Waals surface area (Å²) < 4.78 is 29.3. The minimum Gasteiger partial charge on any atom is -0.379 e. The predicted molar refractivity (Wildman–Crippen MR) is 93.7 cm³/mol. The van der Waals surface area contributed by atoms with Crippen LogP contribution in [0.2, 0.25) is 6.04 Å². The molecule has 0 amide bonds. The second-order valence-corrected chi connectivity index (χ2v) is 8.94. The zero-order valence-electron chi connectivity index (χ0n) is 15.5. The van der Waals surface area contributed by atoms with Gasteiger partial charge in [-0.2, -0.15) is 0 Å². The Balaban J connectivity index is 2.36. The molecule has 2 unspecified atom stereocenters. The van der Waals surface area contributed by atoms with Crippen molar-refractivity contribution in [2.45, 2.75) is 78.1 Å². The molecule has 0 saturated carbocycles. The molecule has 1 heterocycles. The van der Waals surface area contributed by atoms with Gasteiger partial charge in [-0.3, -0.25) is 0 Å². The summed E-state index contributed by atoms with van der Waals surface area (Å²) in [6.07, 6.45) is 5.48. The Morgan fingerprint density at radius 2 is 1.70 bits per heavy atom. The fourth-order valence-corrected chi connectivity index (χ4v) is 4.92. The number of hydrogen-bond acceptors (Lipinski definition) is 5. The molecule has 23 heavy (non-hydrogen) atoms. The summed E-state index contributed by atoms with van der Waals surface area (Å²) in [5, 5.41) is 0. The normalized spacial score (nSPS) is 19.0. The van der Waals surface area contributed by atoms with Gasteiger partial charge in [0.2, 0.25) is 0 Å². The van der Waals surface area contributed by atoms with Crippen molar-refractivity contribution >= 4 is 8.80 Å². The van der Waals surface area contributed by atoms with Gasteiger partial charge in [0.1, 0.15) is 6.10 Å². The molecule has 1 rings (SSSR count). The number of hydrogen-bond donors (Lipinski definition) is 0. The zero-order chi connectivity index (χ0) is 17.0. The molecule has 0 aromatic heterocycles. The summed E-state index contributed by atoms with van der Waals surface area (Å²) in [6.45, 7) is 12.3. The molecule has 0 bridgehead atoms. The fourth-order valence-electron chi connectivity index (χ4n) is 2.30. The van der Waals surface area contributed by atoms with E-state index in [1.807, 2.05) is 0 Å². The summed E-state index contributed by atoms with van der Waals surface area (Å²) in [6, 6.07) is 0.832. The highest BCUT2D eigenvalue weighted by Crippen LogP contribution is 2.22. The first-order chi connectivity index (χ1) is 11.2. The number of epoxide rings is 1. The van der Waals surface area contributed by atoms with Crippen LogP contribution in [0.3, 0.4) is 0 Å². The van der Waals surface area contributed by atoms with E-state index < -0.39 is 8.80 Å². The van der Waals surface area contributed by atoms with Gasteiger partial charge in [-0.05, 0) is 32.1 Å². The van der Waals surface area contributed by atoms with Crippen LogP contribution in [0, 0.1) is 0 Å². The van der Waals surface area contributed by atoms with Crippen LogP contribution in [0.4, 0.5) is 0 Å². The van der Waals surface area contributed by atoms with Crippen LogP contribution in [0.25, 0.3) is 0 Å². The Kier molecular flexibility index (Phi) is 11.3. The van der Waals surface area contributed by atoms with E-state index in [2.05, 4.69) is 27.7 Å². The lowest BCUT2D eigenvalue weighted by molar-refractivity contribution is 0.0185. The fraction of sp³-hybridized carbons (Fsp3) is 1.00. The first-order valence-corrected chi connectivity index (χ1v) is 11.3. The van der Waals surface area contributed by atoms with E-state index in [-0.39, 0.29) is 6.10 Å². The van der Waals surface area contributed by atoms with Crippen molar-refractivity contribution in [2.75, 3.05) is 33.0 Å². The van der Waals surface area contributed by atoms with Crippen LogP contribution in [0.1, 0.15) is 59.8 Å². The molecule has 0 radical (unpaired) electrons. The lowest BCUT2D eigenvalue weighted by Gasteiger charge is -2.32. The molecule has 0 aliphatic carbocycles. The minimum absolute atomic E-state index is 0.191. The van der Waals surface area contributed by atoms with E-state index >= 15 is 0 Å². The van der Waals surface area contributed by atoms with Crippen molar-refractivity contribution in [2.24, 2.45) is 0 Å². The Hall–Kier alpha value is 0.0169. The van der Waals surface area contributed by atoms with Gasteiger partial charge in [0, 0.05) is 32.0 Å². The molecule has 2 atom stereocenters. The van der Waals surface area contributed by atoms with E-state index in [1.165, 1.54) is 0 Å². The van der Waals surface area contributed by atoms with Gasteiger partial charge in [-0.1, -0.05) is 27.7 Å². The summed E-state index contributed by atoms with van der Waals surface area (Å²) in [4.78, 5) is 0. The smallest absolute Gasteiger partial charge is 0.379 e. The Labute approximate surface area is 143 Å². The van der Waals surface area contributed by atoms with E-state index in [4.69, 9.17) is 22.8 Å². The lowest BCUT2D eigenvalue weighted by atomic mass is 10.1. The molecule has 1 aliphatic rings. The molecule has 0 aromatic carbocycles. The first-order valence-electron chi connectivity index (χ1n) is 9.34. The minimum atomic E-state index is -2.53. The molecule has 0 N–H and O–H groups in total. The SMILES string of the molecule is CCCO[Si](CC)(OCCC)OC(CC)CCCOCC1CO1. The summed E-state index contributed by atoms with van der Waals surface area (Å²) in [5.74, 6) is 0. The van der Waals surface area contributed by atoms with Gasteiger partial charge in [0.15, 0.2) is 0 Å². The first kappa shape index (κ1) is 21.1. The molecule has 1 aliphatic heterocycles. The predicted octanol–water partition coefficient (Wildman–Crippen LogP) is 3.79. The van der Waals surface area contributed by atoms with Crippen molar-refractivity contribution in [3.05, 3.63) is 0 Å². The van der Waals surface area contributed by atoms with Gasteiger partial charge >= 0.3 is 8.80 Å². The van der Waals surface area contributed by atoms with Crippen LogP contribution < -0.4 is 0 Å². The second-order valence-electron chi connectivity index (χ2n) is 6.05. The maximum absolute atomic E-state index is 6.39. The molecular weight excluding hydrogens is 312 g/mol. The van der Waals surface area contributed by atoms with E-state index in [9.17, 15) is 0 Å². The Morgan fingerprint density at radius 3 is 2.17 bits per heavy atom. The van der Waals surface area contributed by atoms with Crippen LogP contribution in [0.15, 0.2) is 0 Å². The van der Waals surface area contributed by atoms with Crippen LogP contribution in [0.5, 0.6) is 0 Å². The monoisotopic (exact) mass is 348 g/mol. The molecule has 138 valence electrons. The standard InChI is InChI=1S/C17H36O5Si/c1-5-11-20-23(8-4,21-12-6-2)22-16(7-3)10-9-13-18-14-17-15-19-17/h16-17H,5-15H2,1-4H3. The average Bonchev–Trinajstić information content (AvgIpc) is 3.40. The molecule has 6 heteroatoms. The van der Waals surface area contributed by atoms with Crippen LogP contribution >= 0.6 is 0 Å². The highest BCUT2D eigenvalue weighted by molar-refractivity contribution is 6.60. The van der Waals surface area contributed by atoms with E-state index in [1.54, 1.807) is 0 Å². The van der Waals surface area contributed by atoms with Crippen molar-refractivity contribution in [3.8, 4) is 0 Å². The third-order valence-corrected chi connectivity index (χ3v) is 6.65. The molecule has 1 fully saturated rings. The molecular formula is C17H36O5Si. The Bertz CT molecular complexity index is 278. The highest BCUT2D eigenvalue weighted by Gasteiger charge is 2.41. The molecule has 5 nitrogen and oxygen atoms in total. The van der Waals surface area contributed by atoms with Gasteiger partial charge in [-0.25, -0.2) is 0 Å². The number of ether oxygens (including phenoxy) is 2. The van der Waals surface area contributed by atoms with E-state index in [0.717, 1.165) is 58.0 Å². The molecule has 0 aromatic rings. The van der Waals surface area contributed by atoms with Crippen LogP contribution in [-0.4, -0.2) is 54.0 Å². The van der Waals surface area contributed by atoms with E-state index in [0.29, 0.717) is 19.3 Å². The van der Waals surface area contributed by atoms with Crippen molar-refractivity contribution in [3.63, 3.8) is 0 Å². The third kappa shape index (κ3) is 9.17. The largest absolute Gasteiger partial charge is 0.500 e. The maximum atomic E-state index is 6.39. The second kappa shape index (κ2) is 12.4. The third-order valence-electron chi connectivity index (χ3n) is 3.81. The van der Waals surface area contributed by atoms with Crippen molar-refractivity contribution in [1.82, 2.24) is 0 Å². The van der Waals surface area contributed by atoms with Crippen LogP contribution in [-0.2, 0) is 22.8 Å². The van der Waals surface area contributed by atoms with Gasteiger partial charge in [0.25, 0.3) is 0 Å². The van der Waals surface area contributed by atoms with Gasteiger partial charge < -0.3 is 22.8 Å². The van der Waals surface area contributed by atoms with Gasteiger partial charge in [-0.15, -0.1) is 0 Å². The Morgan fingerprint density at radius 1 is 1.04 bits per heavy atom. The summed E-state index contributed by atoms with van der Waals surface area (Å²) >= 11 is 0. The lowest BCUT2D eigenvalue weighted by Crippen LogP contribution is -2.48. The maximum Gasteiger partial charge on any atom is 0.500 e. The van der Waals surface area contributed by atoms with Crippen molar-refractivity contribution < 1.29 is 22.8 Å². The topological polar surface area (TPSA) is 49.5 Å².